The van der Waals surface area contributed by atoms with Gasteiger partial charge in [-0.2, -0.15) is 0 Å². The van der Waals surface area contributed by atoms with Crippen molar-refractivity contribution in [3.63, 3.8) is 0 Å². The van der Waals surface area contributed by atoms with Crippen LogP contribution in [0.3, 0.4) is 0 Å². The van der Waals surface area contributed by atoms with Gasteiger partial charge in [0.05, 0.1) is 6.10 Å². The number of likely N-dealkylation sites (tertiary alicyclic amines) is 1. The molecule has 1 unspecified atom stereocenters. The Balaban J connectivity index is 2.06. The monoisotopic (exact) mass is 276 g/mol. The highest BCUT2D eigenvalue weighted by Crippen LogP contribution is 2.27. The van der Waals surface area contributed by atoms with E-state index in [0.29, 0.717) is 18.7 Å². The second-order valence-electron chi connectivity index (χ2n) is 5.49. The average molecular weight is 276 g/mol. The lowest BCUT2D eigenvalue weighted by Gasteiger charge is -2.37. The first kappa shape index (κ1) is 15.5. The summed E-state index contributed by atoms with van der Waals surface area (Å²) in [5.41, 5.74) is 8.92. The Labute approximate surface area is 123 Å². The Kier molecular flexibility index (Phi) is 6.02. The third-order valence-electron chi connectivity index (χ3n) is 4.34. The Hall–Kier alpha value is -0.900. The zero-order valence-corrected chi connectivity index (χ0v) is 12.8. The molecule has 1 aromatic carbocycles. The highest BCUT2D eigenvalue weighted by molar-refractivity contribution is 5.30. The molecule has 1 saturated heterocycles. The Morgan fingerprint density at radius 2 is 1.95 bits per heavy atom. The maximum absolute atomic E-state index is 6.08. The van der Waals surface area contributed by atoms with Crippen molar-refractivity contribution in [1.82, 2.24) is 4.90 Å². The number of rotatable bonds is 6. The van der Waals surface area contributed by atoms with Gasteiger partial charge in [-0.05, 0) is 37.3 Å². The summed E-state index contributed by atoms with van der Waals surface area (Å²) in [7, 11) is 0. The van der Waals surface area contributed by atoms with E-state index in [1.807, 2.05) is 0 Å². The molecule has 0 amide bonds. The van der Waals surface area contributed by atoms with Crippen LogP contribution in [0.15, 0.2) is 24.3 Å². The Morgan fingerprint density at radius 3 is 2.55 bits per heavy atom. The van der Waals surface area contributed by atoms with Crippen molar-refractivity contribution in [2.75, 3.05) is 26.2 Å². The fourth-order valence-corrected chi connectivity index (χ4v) is 3.24. The van der Waals surface area contributed by atoms with Gasteiger partial charge in [0.25, 0.3) is 0 Å². The number of hydrogen-bond donors (Lipinski definition) is 1. The topological polar surface area (TPSA) is 38.5 Å². The van der Waals surface area contributed by atoms with E-state index in [2.05, 4.69) is 43.0 Å². The fourth-order valence-electron chi connectivity index (χ4n) is 3.24. The van der Waals surface area contributed by atoms with Crippen molar-refractivity contribution in [3.05, 3.63) is 35.4 Å². The highest BCUT2D eigenvalue weighted by atomic mass is 16.5. The van der Waals surface area contributed by atoms with Gasteiger partial charge in [-0.3, -0.25) is 4.90 Å². The van der Waals surface area contributed by atoms with Gasteiger partial charge in [0.1, 0.15) is 0 Å². The normalized spacial score (nSPS) is 19.1. The summed E-state index contributed by atoms with van der Waals surface area (Å²) in [5.74, 6) is 0. The molecule has 112 valence electrons. The molecule has 0 radical (unpaired) electrons. The van der Waals surface area contributed by atoms with Crippen molar-refractivity contribution in [2.45, 2.75) is 45.3 Å². The Morgan fingerprint density at radius 1 is 1.25 bits per heavy atom. The number of nitrogens with zero attached hydrogens (tertiary/aromatic N) is 1. The van der Waals surface area contributed by atoms with Crippen LogP contribution in [0.25, 0.3) is 0 Å². The standard InChI is InChI=1S/C17H28N2O/c1-3-14-7-5-6-8-16(14)17(13-18)19-11-9-15(10-12-19)20-4-2/h5-8,15,17H,3-4,9-13,18H2,1-2H3. The van der Waals surface area contributed by atoms with Crippen LogP contribution in [0, 0.1) is 0 Å². The van der Waals surface area contributed by atoms with E-state index in [0.717, 1.165) is 39.0 Å². The molecule has 3 nitrogen and oxygen atoms in total. The molecule has 20 heavy (non-hydrogen) atoms. The predicted octanol–water partition coefficient (Wildman–Crippen LogP) is 2.75. The van der Waals surface area contributed by atoms with E-state index in [9.17, 15) is 0 Å². The summed E-state index contributed by atoms with van der Waals surface area (Å²) in [4.78, 5) is 2.53. The number of benzene rings is 1. The third kappa shape index (κ3) is 3.60. The average Bonchev–Trinajstić information content (AvgIpc) is 2.50. The number of aryl methyl sites for hydroxylation is 1. The van der Waals surface area contributed by atoms with Gasteiger partial charge in [0, 0.05) is 32.3 Å². The SMILES string of the molecule is CCOC1CCN(C(CN)c2ccccc2CC)CC1. The quantitative estimate of drug-likeness (QED) is 0.868. The van der Waals surface area contributed by atoms with Crippen molar-refractivity contribution < 1.29 is 4.74 Å². The minimum atomic E-state index is 0.355. The minimum absolute atomic E-state index is 0.355. The van der Waals surface area contributed by atoms with Crippen molar-refractivity contribution in [3.8, 4) is 0 Å². The van der Waals surface area contributed by atoms with Gasteiger partial charge in [-0.25, -0.2) is 0 Å². The molecule has 2 N–H and O–H groups in total. The molecule has 1 atom stereocenters. The lowest BCUT2D eigenvalue weighted by Crippen LogP contribution is -2.42. The molecule has 0 aromatic heterocycles. The van der Waals surface area contributed by atoms with Gasteiger partial charge in [0.2, 0.25) is 0 Å². The predicted molar refractivity (Wildman–Crippen MR) is 83.8 cm³/mol. The summed E-state index contributed by atoms with van der Waals surface area (Å²) < 4.78 is 5.74. The first-order valence-electron chi connectivity index (χ1n) is 7.93. The summed E-state index contributed by atoms with van der Waals surface area (Å²) in [5, 5.41) is 0. The first-order valence-corrected chi connectivity index (χ1v) is 7.93. The molecule has 0 aliphatic carbocycles. The number of ether oxygens (including phenoxy) is 1. The smallest absolute Gasteiger partial charge is 0.0599 e. The van der Waals surface area contributed by atoms with E-state index in [1.54, 1.807) is 0 Å². The lowest BCUT2D eigenvalue weighted by molar-refractivity contribution is 0.00444. The highest BCUT2D eigenvalue weighted by Gasteiger charge is 2.26. The van der Waals surface area contributed by atoms with E-state index in [1.165, 1.54) is 11.1 Å². The lowest BCUT2D eigenvalue weighted by atomic mass is 9.95. The van der Waals surface area contributed by atoms with E-state index in [-0.39, 0.29) is 0 Å². The molecule has 1 aromatic rings. The third-order valence-corrected chi connectivity index (χ3v) is 4.34. The van der Waals surface area contributed by atoms with Crippen LogP contribution in [0.5, 0.6) is 0 Å². The second-order valence-corrected chi connectivity index (χ2v) is 5.49. The molecule has 1 aliphatic heterocycles. The fraction of sp³-hybridized carbons (Fsp3) is 0.647. The van der Waals surface area contributed by atoms with Crippen LogP contribution in [-0.4, -0.2) is 37.2 Å². The molecule has 1 aliphatic rings. The first-order chi connectivity index (χ1) is 9.80. The zero-order chi connectivity index (χ0) is 14.4. The van der Waals surface area contributed by atoms with Gasteiger partial charge >= 0.3 is 0 Å². The van der Waals surface area contributed by atoms with Crippen LogP contribution in [0.4, 0.5) is 0 Å². The van der Waals surface area contributed by atoms with Gasteiger partial charge in [-0.1, -0.05) is 31.2 Å². The maximum Gasteiger partial charge on any atom is 0.0599 e. The van der Waals surface area contributed by atoms with Crippen LogP contribution >= 0.6 is 0 Å². The molecule has 3 heteroatoms. The van der Waals surface area contributed by atoms with Crippen molar-refractivity contribution in [1.29, 1.82) is 0 Å². The van der Waals surface area contributed by atoms with E-state index >= 15 is 0 Å². The minimum Gasteiger partial charge on any atom is -0.378 e. The molecule has 2 rings (SSSR count). The van der Waals surface area contributed by atoms with Gasteiger partial charge in [-0.15, -0.1) is 0 Å². The summed E-state index contributed by atoms with van der Waals surface area (Å²) in [6.45, 7) is 7.98. The summed E-state index contributed by atoms with van der Waals surface area (Å²) >= 11 is 0. The summed E-state index contributed by atoms with van der Waals surface area (Å²) in [6.07, 6.45) is 3.76. The number of hydrogen-bond acceptors (Lipinski definition) is 3. The van der Waals surface area contributed by atoms with Crippen molar-refractivity contribution >= 4 is 0 Å². The molecule has 0 bridgehead atoms. The summed E-state index contributed by atoms with van der Waals surface area (Å²) in [6, 6.07) is 9.07. The molecule has 0 spiro atoms. The molecule has 1 heterocycles. The second kappa shape index (κ2) is 7.77. The Bertz CT molecular complexity index is 400. The molecule has 0 saturated carbocycles. The van der Waals surface area contributed by atoms with E-state index < -0.39 is 0 Å². The van der Waals surface area contributed by atoms with Gasteiger partial charge in [0.15, 0.2) is 0 Å². The number of nitrogens with two attached hydrogens (primary N) is 1. The van der Waals surface area contributed by atoms with Gasteiger partial charge < -0.3 is 10.5 Å². The molecular weight excluding hydrogens is 248 g/mol. The maximum atomic E-state index is 6.08. The zero-order valence-electron chi connectivity index (χ0n) is 12.8. The largest absolute Gasteiger partial charge is 0.378 e. The van der Waals surface area contributed by atoms with Crippen LogP contribution < -0.4 is 5.73 Å². The van der Waals surface area contributed by atoms with E-state index in [4.69, 9.17) is 10.5 Å². The van der Waals surface area contributed by atoms with Crippen LogP contribution in [-0.2, 0) is 11.2 Å². The molecule has 1 fully saturated rings. The van der Waals surface area contributed by atoms with Crippen LogP contribution in [0.1, 0.15) is 43.9 Å². The van der Waals surface area contributed by atoms with Crippen molar-refractivity contribution in [2.24, 2.45) is 5.73 Å². The van der Waals surface area contributed by atoms with Crippen LogP contribution in [0.2, 0.25) is 0 Å². The number of piperidine rings is 1. The molecular formula is C17H28N2O.